The van der Waals surface area contributed by atoms with Crippen molar-refractivity contribution in [2.45, 2.75) is 26.7 Å². The average molecular weight is 483 g/mol. The third-order valence-corrected chi connectivity index (χ3v) is 5.11. The Morgan fingerprint density at radius 3 is 2.55 bits per heavy atom. The van der Waals surface area contributed by atoms with E-state index in [2.05, 4.69) is 4.99 Å². The maximum atomic E-state index is 12.3. The molecule has 0 aromatic heterocycles. The van der Waals surface area contributed by atoms with Crippen molar-refractivity contribution in [3.8, 4) is 11.5 Å². The van der Waals surface area contributed by atoms with Crippen LogP contribution in [0, 0.1) is 0 Å². The molecule has 0 N–H and O–H groups in total. The lowest BCUT2D eigenvalue weighted by Crippen LogP contribution is -2.09. The van der Waals surface area contributed by atoms with E-state index >= 15 is 0 Å². The van der Waals surface area contributed by atoms with Gasteiger partial charge < -0.3 is 14.2 Å². The van der Waals surface area contributed by atoms with Gasteiger partial charge in [0.25, 0.3) is 0 Å². The van der Waals surface area contributed by atoms with Crippen LogP contribution in [0.5, 0.6) is 11.5 Å². The minimum Gasteiger partial charge on any atom is -0.490 e. The molecule has 0 saturated heterocycles. The van der Waals surface area contributed by atoms with Gasteiger partial charge in [-0.1, -0.05) is 41.7 Å². The first-order valence-corrected chi connectivity index (χ1v) is 10.6. The molecule has 0 bridgehead atoms. The summed E-state index contributed by atoms with van der Waals surface area (Å²) in [6.07, 6.45) is 2.40. The number of hydrogen-bond donors (Lipinski definition) is 0. The lowest BCUT2D eigenvalue weighted by molar-refractivity contribution is -0.134. The highest BCUT2D eigenvalue weighted by molar-refractivity contribution is 6.42. The molecule has 31 heavy (non-hydrogen) atoms. The smallest absolute Gasteiger partial charge is 0.363 e. The normalized spacial score (nSPS) is 14.4. The first-order valence-electron chi connectivity index (χ1n) is 9.47. The van der Waals surface area contributed by atoms with Crippen LogP contribution in [-0.2, 0) is 14.3 Å². The van der Waals surface area contributed by atoms with Gasteiger partial charge in [0.05, 0.1) is 21.7 Å². The number of carbonyl (C=O) groups excluding carboxylic acids is 2. The van der Waals surface area contributed by atoms with Crippen LogP contribution >= 0.6 is 34.8 Å². The van der Waals surface area contributed by atoms with Crippen molar-refractivity contribution in [1.82, 2.24) is 0 Å². The summed E-state index contributed by atoms with van der Waals surface area (Å²) < 4.78 is 16.2. The molecule has 0 spiro atoms. The van der Waals surface area contributed by atoms with Crippen molar-refractivity contribution in [2.24, 2.45) is 4.99 Å². The van der Waals surface area contributed by atoms with Gasteiger partial charge in [-0.15, -0.1) is 0 Å². The SMILES string of the molecule is CCCC(=O)Oc1c(Cl)cc(/C=C2\N=C(c3ccc(Cl)c(Cl)c3)OC2=O)cc1OCC. The third-order valence-electron chi connectivity index (χ3n) is 4.09. The quantitative estimate of drug-likeness (QED) is 0.271. The Labute approximate surface area is 194 Å². The molecule has 6 nitrogen and oxygen atoms in total. The number of ether oxygens (including phenoxy) is 3. The minimum atomic E-state index is -0.631. The summed E-state index contributed by atoms with van der Waals surface area (Å²) in [6.45, 7) is 3.99. The van der Waals surface area contributed by atoms with E-state index in [0.29, 0.717) is 34.2 Å². The molecule has 1 heterocycles. The van der Waals surface area contributed by atoms with E-state index in [-0.39, 0.29) is 34.5 Å². The Morgan fingerprint density at radius 2 is 1.87 bits per heavy atom. The van der Waals surface area contributed by atoms with Crippen LogP contribution in [0.4, 0.5) is 0 Å². The van der Waals surface area contributed by atoms with Gasteiger partial charge >= 0.3 is 11.9 Å². The summed E-state index contributed by atoms with van der Waals surface area (Å²) in [4.78, 5) is 28.4. The van der Waals surface area contributed by atoms with E-state index < -0.39 is 11.9 Å². The average Bonchev–Trinajstić information content (AvgIpc) is 3.07. The van der Waals surface area contributed by atoms with Crippen molar-refractivity contribution in [2.75, 3.05) is 6.61 Å². The van der Waals surface area contributed by atoms with Crippen LogP contribution in [-0.4, -0.2) is 24.4 Å². The zero-order chi connectivity index (χ0) is 22.5. The number of benzene rings is 2. The summed E-state index contributed by atoms with van der Waals surface area (Å²) in [7, 11) is 0. The molecule has 2 aromatic carbocycles. The Kier molecular flexibility index (Phi) is 7.59. The predicted molar refractivity (Wildman–Crippen MR) is 120 cm³/mol. The zero-order valence-corrected chi connectivity index (χ0v) is 19.0. The summed E-state index contributed by atoms with van der Waals surface area (Å²) in [5.74, 6) is -0.513. The Bertz CT molecular complexity index is 1090. The van der Waals surface area contributed by atoms with Crippen LogP contribution in [0.25, 0.3) is 6.08 Å². The topological polar surface area (TPSA) is 74.2 Å². The van der Waals surface area contributed by atoms with Gasteiger partial charge in [0.1, 0.15) is 0 Å². The molecule has 0 unspecified atom stereocenters. The Balaban J connectivity index is 1.94. The van der Waals surface area contributed by atoms with Gasteiger partial charge in [-0.3, -0.25) is 4.79 Å². The number of esters is 2. The highest BCUT2D eigenvalue weighted by Gasteiger charge is 2.25. The lowest BCUT2D eigenvalue weighted by atomic mass is 10.1. The first-order chi connectivity index (χ1) is 14.8. The van der Waals surface area contributed by atoms with Crippen molar-refractivity contribution >= 4 is 58.7 Å². The van der Waals surface area contributed by atoms with E-state index in [9.17, 15) is 9.59 Å². The summed E-state index contributed by atoms with van der Waals surface area (Å²) >= 11 is 18.3. The molecule has 9 heteroatoms. The van der Waals surface area contributed by atoms with E-state index in [1.807, 2.05) is 6.92 Å². The second-order valence-corrected chi connectivity index (χ2v) is 7.67. The number of nitrogens with zero attached hydrogens (tertiary/aromatic N) is 1. The van der Waals surface area contributed by atoms with Gasteiger partial charge in [0, 0.05) is 12.0 Å². The summed E-state index contributed by atoms with van der Waals surface area (Å²) in [5.41, 5.74) is 1.10. The van der Waals surface area contributed by atoms with Gasteiger partial charge in [-0.2, -0.15) is 0 Å². The van der Waals surface area contributed by atoms with E-state index in [1.165, 1.54) is 6.08 Å². The Morgan fingerprint density at radius 1 is 1.10 bits per heavy atom. The number of halogens is 3. The molecule has 1 aliphatic heterocycles. The van der Waals surface area contributed by atoms with Crippen LogP contribution in [0.15, 0.2) is 41.0 Å². The molecule has 0 radical (unpaired) electrons. The standard InChI is InChI=1S/C22H18Cl3NO5/c1-3-5-19(27)30-20-16(25)8-12(10-18(20)29-4-2)9-17-22(28)31-21(26-17)13-6-7-14(23)15(24)11-13/h6-11H,3-5H2,1-2H3/b17-9-. The molecule has 2 aromatic rings. The molecule has 0 atom stereocenters. The fraction of sp³-hybridized carbons (Fsp3) is 0.227. The largest absolute Gasteiger partial charge is 0.490 e. The van der Waals surface area contributed by atoms with Gasteiger partial charge in [-0.05, 0) is 55.3 Å². The number of hydrogen-bond acceptors (Lipinski definition) is 6. The minimum absolute atomic E-state index is 0.0651. The molecule has 0 fully saturated rings. The van der Waals surface area contributed by atoms with Crippen LogP contribution in [0.3, 0.4) is 0 Å². The van der Waals surface area contributed by atoms with E-state index in [4.69, 9.17) is 49.0 Å². The van der Waals surface area contributed by atoms with Gasteiger partial charge in [0.2, 0.25) is 5.90 Å². The number of carbonyl (C=O) groups is 2. The highest BCUT2D eigenvalue weighted by Crippen LogP contribution is 2.38. The summed E-state index contributed by atoms with van der Waals surface area (Å²) in [5, 5.41) is 0.864. The molecule has 3 rings (SSSR count). The van der Waals surface area contributed by atoms with E-state index in [0.717, 1.165) is 0 Å². The van der Waals surface area contributed by atoms with E-state index in [1.54, 1.807) is 37.3 Å². The maximum absolute atomic E-state index is 12.3. The first kappa shape index (κ1) is 23.1. The Hall–Kier alpha value is -2.54. The molecule has 0 aliphatic carbocycles. The summed E-state index contributed by atoms with van der Waals surface area (Å²) in [6, 6.07) is 7.95. The van der Waals surface area contributed by atoms with Crippen LogP contribution in [0.1, 0.15) is 37.8 Å². The third kappa shape index (κ3) is 5.58. The van der Waals surface area contributed by atoms with Crippen molar-refractivity contribution in [1.29, 1.82) is 0 Å². The molecule has 0 saturated carbocycles. The second-order valence-electron chi connectivity index (χ2n) is 6.45. The second kappa shape index (κ2) is 10.2. The fourth-order valence-corrected chi connectivity index (χ4v) is 3.28. The lowest BCUT2D eigenvalue weighted by Gasteiger charge is -2.13. The zero-order valence-electron chi connectivity index (χ0n) is 16.7. The predicted octanol–water partition coefficient (Wildman–Crippen LogP) is 6.10. The number of cyclic esters (lactones) is 1. The van der Waals surface area contributed by atoms with Crippen molar-refractivity contribution in [3.63, 3.8) is 0 Å². The fourth-order valence-electron chi connectivity index (χ4n) is 2.72. The number of aliphatic imine (C=N–C) groups is 1. The number of rotatable bonds is 7. The molecule has 162 valence electrons. The molecular formula is C22H18Cl3NO5. The van der Waals surface area contributed by atoms with Gasteiger partial charge in [0.15, 0.2) is 17.2 Å². The molecular weight excluding hydrogens is 465 g/mol. The maximum Gasteiger partial charge on any atom is 0.363 e. The monoisotopic (exact) mass is 481 g/mol. The highest BCUT2D eigenvalue weighted by atomic mass is 35.5. The van der Waals surface area contributed by atoms with Crippen LogP contribution in [0.2, 0.25) is 15.1 Å². The van der Waals surface area contributed by atoms with Crippen LogP contribution < -0.4 is 9.47 Å². The molecule has 0 amide bonds. The molecule has 1 aliphatic rings. The van der Waals surface area contributed by atoms with Crippen molar-refractivity contribution in [3.05, 3.63) is 62.2 Å². The van der Waals surface area contributed by atoms with Gasteiger partial charge in [-0.25, -0.2) is 9.79 Å². The van der Waals surface area contributed by atoms with Crippen molar-refractivity contribution < 1.29 is 23.8 Å².